The molecule has 4 heteroatoms. The average Bonchev–Trinajstić information content (AvgIpc) is 2.73. The van der Waals surface area contributed by atoms with Gasteiger partial charge in [0.05, 0.1) is 13.2 Å². The van der Waals surface area contributed by atoms with Crippen molar-refractivity contribution in [1.29, 1.82) is 0 Å². The Morgan fingerprint density at radius 2 is 1.69 bits per heavy atom. The number of ether oxygens (including phenoxy) is 1. The molecule has 2 aromatic carbocycles. The zero-order chi connectivity index (χ0) is 17.5. The summed E-state index contributed by atoms with van der Waals surface area (Å²) < 4.78 is 5.41. The van der Waals surface area contributed by atoms with E-state index in [0.717, 1.165) is 19.5 Å². The fourth-order valence-electron chi connectivity index (χ4n) is 5.05. The molecule has 3 aliphatic carbocycles. The number of rotatable bonds is 3. The summed E-state index contributed by atoms with van der Waals surface area (Å²) in [6.07, 6.45) is 1.10. The number of nitrogens with one attached hydrogen (secondary N) is 2. The lowest BCUT2D eigenvalue weighted by molar-refractivity contribution is -0.126. The van der Waals surface area contributed by atoms with Gasteiger partial charge in [-0.15, -0.1) is 0 Å². The van der Waals surface area contributed by atoms with Crippen LogP contribution in [0.3, 0.4) is 0 Å². The molecule has 1 fully saturated rings. The molecular formula is C22H24N2O2. The van der Waals surface area contributed by atoms with E-state index in [0.29, 0.717) is 31.0 Å². The SMILES string of the molecule is O=C(NC[C@@H]1CC2c3ccccc3C1c1ccccc12)[C@H]1COCCN1. The molecule has 6 rings (SSSR count). The largest absolute Gasteiger partial charge is 0.378 e. The van der Waals surface area contributed by atoms with E-state index in [9.17, 15) is 4.79 Å². The predicted octanol–water partition coefficient (Wildman–Crippen LogP) is 2.39. The second-order valence-corrected chi connectivity index (χ2v) is 7.61. The van der Waals surface area contributed by atoms with E-state index in [1.54, 1.807) is 0 Å². The smallest absolute Gasteiger partial charge is 0.239 e. The molecule has 1 heterocycles. The van der Waals surface area contributed by atoms with E-state index in [1.807, 2.05) is 0 Å². The van der Waals surface area contributed by atoms with Crippen LogP contribution < -0.4 is 10.6 Å². The fourth-order valence-corrected chi connectivity index (χ4v) is 5.05. The van der Waals surface area contributed by atoms with Gasteiger partial charge in [-0.1, -0.05) is 48.5 Å². The molecule has 0 radical (unpaired) electrons. The third-order valence-corrected chi connectivity index (χ3v) is 6.20. The Balaban J connectivity index is 1.39. The molecule has 2 aromatic rings. The van der Waals surface area contributed by atoms with Crippen LogP contribution in [0.15, 0.2) is 48.5 Å². The number of carbonyl (C=O) groups excluding carboxylic acids is 1. The Hall–Kier alpha value is -2.17. The summed E-state index contributed by atoms with van der Waals surface area (Å²) in [6, 6.07) is 17.5. The van der Waals surface area contributed by atoms with E-state index >= 15 is 0 Å². The minimum absolute atomic E-state index is 0.0627. The van der Waals surface area contributed by atoms with Crippen molar-refractivity contribution in [3.05, 3.63) is 70.8 Å². The molecular weight excluding hydrogens is 324 g/mol. The quantitative estimate of drug-likeness (QED) is 0.895. The zero-order valence-corrected chi connectivity index (χ0v) is 14.8. The van der Waals surface area contributed by atoms with Crippen molar-refractivity contribution in [2.45, 2.75) is 24.3 Å². The fraction of sp³-hybridized carbons (Fsp3) is 0.409. The predicted molar refractivity (Wildman–Crippen MR) is 100 cm³/mol. The number of morpholine rings is 1. The Morgan fingerprint density at radius 1 is 1.04 bits per heavy atom. The second-order valence-electron chi connectivity index (χ2n) is 7.61. The lowest BCUT2D eigenvalue weighted by Crippen LogP contribution is -2.52. The van der Waals surface area contributed by atoms with E-state index in [2.05, 4.69) is 59.2 Å². The highest BCUT2D eigenvalue weighted by Crippen LogP contribution is 2.55. The number of benzene rings is 2. The van der Waals surface area contributed by atoms with Gasteiger partial charge < -0.3 is 15.4 Å². The van der Waals surface area contributed by atoms with Crippen LogP contribution in [0.5, 0.6) is 0 Å². The molecule has 26 heavy (non-hydrogen) atoms. The van der Waals surface area contributed by atoms with E-state index in [-0.39, 0.29) is 11.9 Å². The monoisotopic (exact) mass is 348 g/mol. The number of hydrogen-bond donors (Lipinski definition) is 2. The molecule has 2 bridgehead atoms. The van der Waals surface area contributed by atoms with Crippen LogP contribution in [0.1, 0.15) is 40.5 Å². The van der Waals surface area contributed by atoms with Gasteiger partial charge in [-0.3, -0.25) is 4.79 Å². The standard InChI is InChI=1S/C22H24N2O2/c25-22(20-13-26-10-9-23-20)24-12-14-11-19-15-5-1-3-7-17(15)21(14)18-8-4-2-6-16(18)19/h1-8,14,19-21,23H,9-13H2,(H,24,25)/t14-,19?,20+,21?/m0/s1. The van der Waals surface area contributed by atoms with Crippen LogP contribution in [-0.2, 0) is 9.53 Å². The van der Waals surface area contributed by atoms with Gasteiger partial charge in [0.2, 0.25) is 5.91 Å². The van der Waals surface area contributed by atoms with Crippen molar-refractivity contribution in [2.75, 3.05) is 26.3 Å². The van der Waals surface area contributed by atoms with Gasteiger partial charge in [-0.25, -0.2) is 0 Å². The summed E-state index contributed by atoms with van der Waals surface area (Å²) in [4.78, 5) is 12.5. The molecule has 2 atom stereocenters. The van der Waals surface area contributed by atoms with Crippen LogP contribution >= 0.6 is 0 Å². The maximum atomic E-state index is 12.5. The van der Waals surface area contributed by atoms with Crippen molar-refractivity contribution < 1.29 is 9.53 Å². The molecule has 4 nitrogen and oxygen atoms in total. The summed E-state index contributed by atoms with van der Waals surface area (Å²) in [5, 5.41) is 6.42. The minimum atomic E-state index is -0.218. The number of amides is 1. The molecule has 0 aromatic heterocycles. The van der Waals surface area contributed by atoms with Gasteiger partial charge in [0.25, 0.3) is 0 Å². The van der Waals surface area contributed by atoms with Gasteiger partial charge >= 0.3 is 0 Å². The first-order chi connectivity index (χ1) is 12.8. The van der Waals surface area contributed by atoms with Crippen LogP contribution in [0.2, 0.25) is 0 Å². The van der Waals surface area contributed by atoms with Crippen molar-refractivity contribution in [2.24, 2.45) is 5.92 Å². The number of fused-ring (bicyclic) bond motifs is 1. The highest BCUT2D eigenvalue weighted by Gasteiger charge is 2.43. The number of carbonyl (C=O) groups is 1. The van der Waals surface area contributed by atoms with Gasteiger partial charge in [-0.2, -0.15) is 0 Å². The zero-order valence-electron chi connectivity index (χ0n) is 14.8. The van der Waals surface area contributed by atoms with Gasteiger partial charge in [0.15, 0.2) is 0 Å². The first kappa shape index (κ1) is 16.0. The third kappa shape index (κ3) is 2.56. The Kier molecular flexibility index (Phi) is 4.03. The van der Waals surface area contributed by atoms with Crippen molar-refractivity contribution >= 4 is 5.91 Å². The van der Waals surface area contributed by atoms with Gasteiger partial charge in [-0.05, 0) is 34.6 Å². The van der Waals surface area contributed by atoms with Gasteiger partial charge in [0, 0.05) is 24.9 Å². The average molecular weight is 348 g/mol. The summed E-state index contributed by atoms with van der Waals surface area (Å²) in [5.74, 6) is 1.33. The normalized spacial score (nSPS) is 28.9. The first-order valence-electron chi connectivity index (χ1n) is 9.59. The third-order valence-electron chi connectivity index (χ3n) is 6.20. The molecule has 1 aliphatic heterocycles. The topological polar surface area (TPSA) is 50.4 Å². The van der Waals surface area contributed by atoms with E-state index < -0.39 is 0 Å². The molecule has 0 unspecified atom stereocenters. The van der Waals surface area contributed by atoms with E-state index in [4.69, 9.17) is 4.74 Å². The summed E-state index contributed by atoms with van der Waals surface area (Å²) in [7, 11) is 0. The molecule has 0 saturated carbocycles. The molecule has 134 valence electrons. The molecule has 1 saturated heterocycles. The Bertz CT molecular complexity index is 781. The maximum Gasteiger partial charge on any atom is 0.239 e. The number of hydrogen-bond acceptors (Lipinski definition) is 3. The second kappa shape index (κ2) is 6.53. The molecule has 1 amide bonds. The maximum absolute atomic E-state index is 12.5. The first-order valence-corrected chi connectivity index (χ1v) is 9.59. The Labute approximate surface area is 153 Å². The lowest BCUT2D eigenvalue weighted by atomic mass is 9.59. The van der Waals surface area contributed by atoms with Crippen LogP contribution in [0, 0.1) is 5.92 Å². The van der Waals surface area contributed by atoms with Crippen molar-refractivity contribution in [3.8, 4) is 0 Å². The van der Waals surface area contributed by atoms with Crippen LogP contribution in [-0.4, -0.2) is 38.3 Å². The lowest BCUT2D eigenvalue weighted by Gasteiger charge is -2.45. The van der Waals surface area contributed by atoms with Crippen LogP contribution in [0.25, 0.3) is 0 Å². The molecule has 0 spiro atoms. The summed E-state index contributed by atoms with van der Waals surface area (Å²) >= 11 is 0. The minimum Gasteiger partial charge on any atom is -0.378 e. The van der Waals surface area contributed by atoms with Crippen molar-refractivity contribution in [1.82, 2.24) is 10.6 Å². The van der Waals surface area contributed by atoms with E-state index in [1.165, 1.54) is 22.3 Å². The molecule has 4 aliphatic rings. The summed E-state index contributed by atoms with van der Waals surface area (Å²) in [6.45, 7) is 2.62. The highest BCUT2D eigenvalue weighted by molar-refractivity contribution is 5.82. The Morgan fingerprint density at radius 3 is 2.31 bits per heavy atom. The highest BCUT2D eigenvalue weighted by atomic mass is 16.5. The molecule has 2 N–H and O–H groups in total. The van der Waals surface area contributed by atoms with Crippen molar-refractivity contribution in [3.63, 3.8) is 0 Å². The summed E-state index contributed by atoms with van der Waals surface area (Å²) in [5.41, 5.74) is 5.84. The van der Waals surface area contributed by atoms with Gasteiger partial charge in [0.1, 0.15) is 6.04 Å². The van der Waals surface area contributed by atoms with Crippen LogP contribution in [0.4, 0.5) is 0 Å².